The van der Waals surface area contributed by atoms with Gasteiger partial charge in [-0.25, -0.2) is 0 Å². The zero-order chi connectivity index (χ0) is 19.6. The third kappa shape index (κ3) is 16.2. The van der Waals surface area contributed by atoms with Gasteiger partial charge in [-0.3, -0.25) is 0 Å². The van der Waals surface area contributed by atoms with Gasteiger partial charge in [0.25, 0.3) is 0 Å². The molecular weight excluding hydrogens is 340 g/mol. The van der Waals surface area contributed by atoms with Gasteiger partial charge < -0.3 is 5.48 Å². The first-order chi connectivity index (χ1) is 13.1. The number of unbranched alkanes of at least 4 members (excludes halogenated alkanes) is 14. The van der Waals surface area contributed by atoms with Crippen LogP contribution in [0.15, 0.2) is 30.3 Å². The van der Waals surface area contributed by atoms with Gasteiger partial charge in [-0.15, -0.1) is 0 Å². The highest BCUT2D eigenvalue weighted by Gasteiger charge is 2.17. The summed E-state index contributed by atoms with van der Waals surface area (Å²) in [6.45, 7) is 7.17. The Bertz CT molecular complexity index is 423. The summed E-state index contributed by atoms with van der Waals surface area (Å²) in [5.74, 6) is 0. The van der Waals surface area contributed by atoms with Crippen molar-refractivity contribution in [1.82, 2.24) is 0 Å². The highest BCUT2D eigenvalue weighted by Crippen LogP contribution is 2.28. The molecule has 0 aliphatic heterocycles. The number of hydrogen-bond acceptors (Lipinski definition) is 0. The fraction of sp³-hybridized carbons (Fsp3) is 0.778. The molecule has 2 N–H and O–H groups in total. The smallest absolute Gasteiger partial charge is 0.0227 e. The molecule has 0 fully saturated rings. The Morgan fingerprint density at radius 2 is 0.964 bits per heavy atom. The molecule has 0 aromatic heterocycles. The second kappa shape index (κ2) is 18.2. The lowest BCUT2D eigenvalue weighted by atomic mass is 9.81. The minimum Gasteiger partial charge on any atom is -0.412 e. The second-order valence-corrected chi connectivity index (χ2v) is 9.53. The van der Waals surface area contributed by atoms with Crippen molar-refractivity contribution >= 4 is 0 Å². The van der Waals surface area contributed by atoms with Gasteiger partial charge in [0, 0.05) is 0 Å². The summed E-state index contributed by atoms with van der Waals surface area (Å²) in [5, 5.41) is 0. The van der Waals surface area contributed by atoms with Crippen molar-refractivity contribution in [3.63, 3.8) is 0 Å². The van der Waals surface area contributed by atoms with E-state index in [1.165, 1.54) is 115 Å². The van der Waals surface area contributed by atoms with Gasteiger partial charge in [0.1, 0.15) is 0 Å². The van der Waals surface area contributed by atoms with Gasteiger partial charge in [0.2, 0.25) is 0 Å². The first kappa shape index (κ1) is 27.2. The number of rotatable bonds is 18. The van der Waals surface area contributed by atoms with Crippen molar-refractivity contribution in [2.75, 3.05) is 0 Å². The van der Waals surface area contributed by atoms with Crippen LogP contribution < -0.4 is 0 Å². The van der Waals surface area contributed by atoms with Gasteiger partial charge in [-0.2, -0.15) is 0 Å². The summed E-state index contributed by atoms with van der Waals surface area (Å²) < 4.78 is 0. The molecule has 0 saturated heterocycles. The summed E-state index contributed by atoms with van der Waals surface area (Å²) in [5.41, 5.74) is 1.93. The number of hydrogen-bond donors (Lipinski definition) is 0. The van der Waals surface area contributed by atoms with E-state index in [2.05, 4.69) is 51.1 Å². The van der Waals surface area contributed by atoms with E-state index in [0.29, 0.717) is 5.41 Å². The van der Waals surface area contributed by atoms with Crippen molar-refractivity contribution < 1.29 is 5.48 Å². The van der Waals surface area contributed by atoms with Crippen molar-refractivity contribution in [2.24, 2.45) is 5.41 Å². The summed E-state index contributed by atoms with van der Waals surface area (Å²) in [6, 6.07) is 11.0. The minimum absolute atomic E-state index is 0. The van der Waals surface area contributed by atoms with Crippen molar-refractivity contribution in [2.45, 2.75) is 130 Å². The fourth-order valence-corrected chi connectivity index (χ4v) is 4.21. The molecule has 0 atom stereocenters. The van der Waals surface area contributed by atoms with Gasteiger partial charge in [-0.1, -0.05) is 147 Å². The zero-order valence-electron chi connectivity index (χ0n) is 19.4. The van der Waals surface area contributed by atoms with E-state index in [1.54, 1.807) is 0 Å². The third-order valence-electron chi connectivity index (χ3n) is 5.98. The van der Waals surface area contributed by atoms with Crippen LogP contribution in [0.25, 0.3) is 0 Å². The molecule has 28 heavy (non-hydrogen) atoms. The molecule has 0 unspecified atom stereocenters. The van der Waals surface area contributed by atoms with Gasteiger partial charge in [-0.05, 0) is 23.8 Å². The monoisotopic (exact) mass is 390 g/mol. The summed E-state index contributed by atoms with van der Waals surface area (Å²) in [7, 11) is 0. The molecule has 0 amide bonds. The van der Waals surface area contributed by atoms with Crippen molar-refractivity contribution in [1.29, 1.82) is 0 Å². The molecule has 1 aromatic carbocycles. The lowest BCUT2D eigenvalue weighted by molar-refractivity contribution is 0.316. The van der Waals surface area contributed by atoms with Gasteiger partial charge >= 0.3 is 0 Å². The summed E-state index contributed by atoms with van der Waals surface area (Å²) >= 11 is 0. The van der Waals surface area contributed by atoms with E-state index in [4.69, 9.17) is 0 Å². The molecule has 0 bridgehead atoms. The Balaban J connectivity index is 0.00000729. The average molecular weight is 391 g/mol. The molecule has 0 spiro atoms. The van der Waals surface area contributed by atoms with E-state index in [9.17, 15) is 0 Å². The van der Waals surface area contributed by atoms with Gasteiger partial charge in [0.15, 0.2) is 0 Å². The summed E-state index contributed by atoms with van der Waals surface area (Å²) in [4.78, 5) is 0. The maximum absolute atomic E-state index is 2.43. The second-order valence-electron chi connectivity index (χ2n) is 9.53. The molecule has 1 nitrogen and oxygen atoms in total. The SMILES string of the molecule is CCCCCCCCCCCCCCCCCC(C)(C)Cc1ccccc1.O. The summed E-state index contributed by atoms with van der Waals surface area (Å²) in [6.07, 6.45) is 24.3. The van der Waals surface area contributed by atoms with Crippen LogP contribution in [0.2, 0.25) is 0 Å². The van der Waals surface area contributed by atoms with Crippen molar-refractivity contribution in [3.05, 3.63) is 35.9 Å². The van der Waals surface area contributed by atoms with E-state index in [1.807, 2.05) is 0 Å². The third-order valence-corrected chi connectivity index (χ3v) is 5.98. The van der Waals surface area contributed by atoms with E-state index in [0.717, 1.165) is 0 Å². The molecule has 1 aromatic rings. The molecule has 1 heteroatoms. The van der Waals surface area contributed by atoms with Crippen LogP contribution in [0.4, 0.5) is 0 Å². The van der Waals surface area contributed by atoms with E-state index in [-0.39, 0.29) is 5.48 Å². The Morgan fingerprint density at radius 1 is 0.571 bits per heavy atom. The first-order valence-corrected chi connectivity index (χ1v) is 12.2. The predicted molar refractivity (Wildman–Crippen MR) is 127 cm³/mol. The number of benzene rings is 1. The molecule has 1 rings (SSSR count). The van der Waals surface area contributed by atoms with E-state index >= 15 is 0 Å². The van der Waals surface area contributed by atoms with Crippen LogP contribution in [0, 0.1) is 5.41 Å². The standard InChI is InChI=1S/C27H48.H2O/c1-4-5-6-7-8-9-10-11-12-13-14-15-16-17-21-24-27(2,3)25-26-22-19-18-20-23-26;/h18-20,22-23H,4-17,21,24-25H2,1-3H3;1H2. The topological polar surface area (TPSA) is 31.5 Å². The molecule has 0 saturated carbocycles. The van der Waals surface area contributed by atoms with Crippen LogP contribution in [-0.2, 0) is 6.42 Å². The maximum Gasteiger partial charge on any atom is -0.0227 e. The quantitative estimate of drug-likeness (QED) is 0.224. The van der Waals surface area contributed by atoms with Gasteiger partial charge in [0.05, 0.1) is 0 Å². The minimum atomic E-state index is 0. The predicted octanol–water partition coefficient (Wildman–Crippen LogP) is 8.69. The Kier molecular flexibility index (Phi) is 17.7. The molecule has 0 aliphatic carbocycles. The molecule has 0 heterocycles. The van der Waals surface area contributed by atoms with Crippen molar-refractivity contribution in [3.8, 4) is 0 Å². The molecular formula is C27H50O. The van der Waals surface area contributed by atoms with Crippen LogP contribution in [-0.4, -0.2) is 5.48 Å². The molecule has 0 aliphatic rings. The molecule has 0 radical (unpaired) electrons. The Hall–Kier alpha value is -0.820. The lowest BCUT2D eigenvalue weighted by Gasteiger charge is -2.24. The normalized spacial score (nSPS) is 11.4. The van der Waals surface area contributed by atoms with Crippen LogP contribution in [0.5, 0.6) is 0 Å². The zero-order valence-corrected chi connectivity index (χ0v) is 19.4. The van der Waals surface area contributed by atoms with Crippen LogP contribution in [0.3, 0.4) is 0 Å². The highest BCUT2D eigenvalue weighted by atomic mass is 16.0. The Labute approximate surface area is 177 Å². The highest BCUT2D eigenvalue weighted by molar-refractivity contribution is 5.16. The van der Waals surface area contributed by atoms with E-state index < -0.39 is 0 Å². The van der Waals surface area contributed by atoms with Crippen LogP contribution >= 0.6 is 0 Å². The van der Waals surface area contributed by atoms with Crippen LogP contribution in [0.1, 0.15) is 129 Å². The fourth-order valence-electron chi connectivity index (χ4n) is 4.21. The largest absolute Gasteiger partial charge is 0.412 e. The Morgan fingerprint density at radius 3 is 1.39 bits per heavy atom. The average Bonchev–Trinajstić information content (AvgIpc) is 2.65. The maximum atomic E-state index is 2.43. The first-order valence-electron chi connectivity index (χ1n) is 12.2. The molecule has 164 valence electrons. The lowest BCUT2D eigenvalue weighted by Crippen LogP contribution is -2.14.